The van der Waals surface area contributed by atoms with Gasteiger partial charge in [0.1, 0.15) is 0 Å². The Labute approximate surface area is 86.5 Å². The van der Waals surface area contributed by atoms with Crippen LogP contribution in [-0.2, 0) is 0 Å². The van der Waals surface area contributed by atoms with Crippen LogP contribution in [0, 0.1) is 12.3 Å². The van der Waals surface area contributed by atoms with E-state index in [0.29, 0.717) is 11.5 Å². The molecule has 1 aliphatic rings. The quantitative estimate of drug-likeness (QED) is 0.716. The minimum atomic E-state index is 0.451. The van der Waals surface area contributed by atoms with Crippen LogP contribution in [0.15, 0.2) is 24.3 Å². The fourth-order valence-corrected chi connectivity index (χ4v) is 2.29. The van der Waals surface area contributed by atoms with Gasteiger partial charge < -0.3 is 5.32 Å². The maximum absolute atomic E-state index is 3.60. The predicted molar refractivity (Wildman–Crippen MR) is 60.3 cm³/mol. The minimum Gasteiger partial charge on any atom is -0.309 e. The van der Waals surface area contributed by atoms with Crippen molar-refractivity contribution in [1.82, 2.24) is 5.32 Å². The summed E-state index contributed by atoms with van der Waals surface area (Å²) < 4.78 is 0. The maximum Gasteiger partial charge on any atom is 0.0328 e. The molecule has 1 fully saturated rings. The lowest BCUT2D eigenvalue weighted by atomic mass is 9.88. The van der Waals surface area contributed by atoms with Crippen LogP contribution in [0.3, 0.4) is 0 Å². The predicted octanol–water partition coefficient (Wildman–Crippen LogP) is 3.06. The standard InChI is InChI=1S/C13H19N/c1-10-6-4-5-7-11(10)12-8-13(2,3)9-14-12/h4-7,12,14H,8-9H2,1-3H3. The smallest absolute Gasteiger partial charge is 0.0328 e. The van der Waals surface area contributed by atoms with Crippen LogP contribution in [0.4, 0.5) is 0 Å². The summed E-state index contributed by atoms with van der Waals surface area (Å²) in [5, 5.41) is 3.60. The molecule has 1 N–H and O–H groups in total. The van der Waals surface area contributed by atoms with E-state index in [-0.39, 0.29) is 0 Å². The van der Waals surface area contributed by atoms with Gasteiger partial charge in [-0.25, -0.2) is 0 Å². The molecule has 0 aliphatic carbocycles. The van der Waals surface area contributed by atoms with Gasteiger partial charge in [-0.05, 0) is 29.9 Å². The van der Waals surface area contributed by atoms with Crippen molar-refractivity contribution in [3.63, 3.8) is 0 Å². The van der Waals surface area contributed by atoms with E-state index in [1.54, 1.807) is 0 Å². The molecule has 0 amide bonds. The first-order valence-corrected chi connectivity index (χ1v) is 5.37. The van der Waals surface area contributed by atoms with Crippen LogP contribution in [0.2, 0.25) is 0 Å². The number of hydrogen-bond donors (Lipinski definition) is 1. The highest BCUT2D eigenvalue weighted by Gasteiger charge is 2.31. The third-order valence-corrected chi connectivity index (χ3v) is 3.15. The first-order chi connectivity index (χ1) is 6.58. The number of aryl methyl sites for hydroxylation is 1. The van der Waals surface area contributed by atoms with E-state index in [9.17, 15) is 0 Å². The highest BCUT2D eigenvalue weighted by molar-refractivity contribution is 5.29. The van der Waals surface area contributed by atoms with Crippen molar-refractivity contribution >= 4 is 0 Å². The molecule has 1 heteroatoms. The monoisotopic (exact) mass is 189 g/mol. The summed E-state index contributed by atoms with van der Waals surface area (Å²) in [6.45, 7) is 7.99. The van der Waals surface area contributed by atoms with Crippen molar-refractivity contribution < 1.29 is 0 Å². The summed E-state index contributed by atoms with van der Waals surface area (Å²) >= 11 is 0. The van der Waals surface area contributed by atoms with Crippen LogP contribution in [0.5, 0.6) is 0 Å². The summed E-state index contributed by atoms with van der Waals surface area (Å²) in [5.74, 6) is 0. The Kier molecular flexibility index (Phi) is 2.36. The molecule has 1 nitrogen and oxygen atoms in total. The number of nitrogens with one attached hydrogen (secondary N) is 1. The van der Waals surface area contributed by atoms with E-state index in [4.69, 9.17) is 0 Å². The number of rotatable bonds is 1. The highest BCUT2D eigenvalue weighted by Crippen LogP contribution is 2.36. The second-order valence-electron chi connectivity index (χ2n) is 5.16. The molecule has 0 aromatic heterocycles. The topological polar surface area (TPSA) is 12.0 Å². The summed E-state index contributed by atoms with van der Waals surface area (Å²) in [7, 11) is 0. The summed E-state index contributed by atoms with van der Waals surface area (Å²) in [5.41, 5.74) is 3.33. The zero-order valence-corrected chi connectivity index (χ0v) is 9.30. The van der Waals surface area contributed by atoms with Gasteiger partial charge in [-0.1, -0.05) is 38.1 Å². The van der Waals surface area contributed by atoms with E-state index >= 15 is 0 Å². The largest absolute Gasteiger partial charge is 0.309 e. The Morgan fingerprint density at radius 2 is 2.00 bits per heavy atom. The zero-order chi connectivity index (χ0) is 10.2. The van der Waals surface area contributed by atoms with Crippen molar-refractivity contribution in [3.05, 3.63) is 35.4 Å². The molecule has 1 heterocycles. The number of hydrogen-bond acceptors (Lipinski definition) is 1. The summed E-state index contributed by atoms with van der Waals surface area (Å²) in [4.78, 5) is 0. The van der Waals surface area contributed by atoms with Crippen LogP contribution < -0.4 is 5.32 Å². The molecule has 1 unspecified atom stereocenters. The molecule has 2 rings (SSSR count). The molecule has 76 valence electrons. The average Bonchev–Trinajstić information content (AvgIpc) is 2.47. The van der Waals surface area contributed by atoms with E-state index in [1.165, 1.54) is 17.5 Å². The van der Waals surface area contributed by atoms with Crippen LogP contribution in [-0.4, -0.2) is 6.54 Å². The first kappa shape index (κ1) is 9.72. The average molecular weight is 189 g/mol. The molecule has 1 aliphatic heterocycles. The van der Waals surface area contributed by atoms with E-state index in [1.807, 2.05) is 0 Å². The van der Waals surface area contributed by atoms with E-state index < -0.39 is 0 Å². The Morgan fingerprint density at radius 3 is 2.57 bits per heavy atom. The van der Waals surface area contributed by atoms with Crippen molar-refractivity contribution in [2.24, 2.45) is 5.41 Å². The fourth-order valence-electron chi connectivity index (χ4n) is 2.29. The van der Waals surface area contributed by atoms with Crippen molar-refractivity contribution in [2.45, 2.75) is 33.2 Å². The zero-order valence-electron chi connectivity index (χ0n) is 9.30. The van der Waals surface area contributed by atoms with Gasteiger partial charge in [-0.3, -0.25) is 0 Å². The van der Waals surface area contributed by atoms with E-state index in [2.05, 4.69) is 50.4 Å². The molecule has 1 saturated heterocycles. The Balaban J connectivity index is 2.22. The molecule has 1 aromatic carbocycles. The van der Waals surface area contributed by atoms with Crippen molar-refractivity contribution in [2.75, 3.05) is 6.54 Å². The lowest BCUT2D eigenvalue weighted by Crippen LogP contribution is -2.16. The van der Waals surface area contributed by atoms with Gasteiger partial charge in [0.25, 0.3) is 0 Å². The third kappa shape index (κ3) is 1.83. The summed E-state index contributed by atoms with van der Waals surface area (Å²) in [6.07, 6.45) is 1.25. The minimum absolute atomic E-state index is 0.451. The van der Waals surface area contributed by atoms with Gasteiger partial charge in [0.05, 0.1) is 0 Å². The lowest BCUT2D eigenvalue weighted by Gasteiger charge is -2.16. The molecule has 0 bridgehead atoms. The molecular weight excluding hydrogens is 170 g/mol. The Morgan fingerprint density at radius 1 is 1.29 bits per heavy atom. The normalized spacial score (nSPS) is 25.2. The van der Waals surface area contributed by atoms with Gasteiger partial charge in [0, 0.05) is 12.6 Å². The molecular formula is C13H19N. The van der Waals surface area contributed by atoms with Crippen LogP contribution >= 0.6 is 0 Å². The Bertz CT molecular complexity index is 328. The van der Waals surface area contributed by atoms with Gasteiger partial charge in [0.15, 0.2) is 0 Å². The maximum atomic E-state index is 3.60. The molecule has 0 saturated carbocycles. The highest BCUT2D eigenvalue weighted by atomic mass is 15.0. The van der Waals surface area contributed by atoms with E-state index in [0.717, 1.165) is 6.54 Å². The van der Waals surface area contributed by atoms with Gasteiger partial charge in [-0.15, -0.1) is 0 Å². The fraction of sp³-hybridized carbons (Fsp3) is 0.538. The van der Waals surface area contributed by atoms with Crippen molar-refractivity contribution in [1.29, 1.82) is 0 Å². The van der Waals surface area contributed by atoms with Crippen LogP contribution in [0.1, 0.15) is 37.4 Å². The Hall–Kier alpha value is -0.820. The summed E-state index contributed by atoms with van der Waals surface area (Å²) in [6, 6.07) is 9.25. The van der Waals surface area contributed by atoms with Gasteiger partial charge in [0.2, 0.25) is 0 Å². The first-order valence-electron chi connectivity index (χ1n) is 5.37. The SMILES string of the molecule is Cc1ccccc1C1CC(C)(C)CN1. The molecule has 1 aromatic rings. The van der Waals surface area contributed by atoms with Gasteiger partial charge in [-0.2, -0.15) is 0 Å². The molecule has 1 atom stereocenters. The number of benzene rings is 1. The second-order valence-corrected chi connectivity index (χ2v) is 5.16. The van der Waals surface area contributed by atoms with Gasteiger partial charge >= 0.3 is 0 Å². The van der Waals surface area contributed by atoms with Crippen LogP contribution in [0.25, 0.3) is 0 Å². The molecule has 14 heavy (non-hydrogen) atoms. The molecule has 0 radical (unpaired) electrons. The lowest BCUT2D eigenvalue weighted by molar-refractivity contribution is 0.403. The third-order valence-electron chi connectivity index (χ3n) is 3.15. The van der Waals surface area contributed by atoms with Crippen molar-refractivity contribution in [3.8, 4) is 0 Å². The second kappa shape index (κ2) is 3.39. The molecule has 0 spiro atoms.